The van der Waals surface area contributed by atoms with E-state index in [1.165, 1.54) is 30.3 Å². The number of amides is 2. The van der Waals surface area contributed by atoms with Gasteiger partial charge in [0.1, 0.15) is 0 Å². The van der Waals surface area contributed by atoms with E-state index in [0.717, 1.165) is 4.90 Å². The summed E-state index contributed by atoms with van der Waals surface area (Å²) in [6, 6.07) is 10.4. The lowest BCUT2D eigenvalue weighted by Crippen LogP contribution is -2.27. The number of nitro benzene ring substituents is 2. The van der Waals surface area contributed by atoms with Crippen LogP contribution in [0.5, 0.6) is 0 Å². The Labute approximate surface area is 162 Å². The van der Waals surface area contributed by atoms with Crippen molar-refractivity contribution in [1.29, 1.82) is 0 Å². The van der Waals surface area contributed by atoms with E-state index >= 15 is 0 Å². The van der Waals surface area contributed by atoms with E-state index in [0.29, 0.717) is 22.9 Å². The maximum Gasteiger partial charge on any atom is 0.293 e. The van der Waals surface area contributed by atoms with Crippen molar-refractivity contribution < 1.29 is 19.4 Å². The standard InChI is InChI=1S/C18H13N3O6S/c1-11-6-7-12(8-15(11)21(26)27)9-16-17(22)19(18(23)28-16)10-13-4-2-3-5-14(13)20(24)25/h2-9H,10H2,1H3/b16-9-. The van der Waals surface area contributed by atoms with Crippen LogP contribution in [-0.2, 0) is 11.3 Å². The predicted molar refractivity (Wildman–Crippen MR) is 102 cm³/mol. The molecule has 2 aromatic rings. The molecule has 0 aromatic heterocycles. The van der Waals surface area contributed by atoms with Gasteiger partial charge in [-0.25, -0.2) is 0 Å². The smallest absolute Gasteiger partial charge is 0.268 e. The quantitative estimate of drug-likeness (QED) is 0.422. The molecule has 3 rings (SSSR count). The Morgan fingerprint density at radius 2 is 1.71 bits per heavy atom. The van der Waals surface area contributed by atoms with Crippen LogP contribution in [0.3, 0.4) is 0 Å². The van der Waals surface area contributed by atoms with Gasteiger partial charge in [-0.2, -0.15) is 0 Å². The summed E-state index contributed by atoms with van der Waals surface area (Å²) in [5, 5.41) is 21.6. The van der Waals surface area contributed by atoms with Crippen LogP contribution >= 0.6 is 11.8 Å². The first-order valence-electron chi connectivity index (χ1n) is 8.00. The van der Waals surface area contributed by atoms with Gasteiger partial charge in [0.25, 0.3) is 22.5 Å². The highest BCUT2D eigenvalue weighted by atomic mass is 32.2. The summed E-state index contributed by atoms with van der Waals surface area (Å²) in [5.41, 5.74) is 0.856. The molecule has 1 saturated heterocycles. The SMILES string of the molecule is Cc1ccc(/C=C2\SC(=O)N(Cc3ccccc3[N+](=O)[O-])C2=O)cc1[N+](=O)[O-]. The van der Waals surface area contributed by atoms with Crippen LogP contribution in [0.4, 0.5) is 16.2 Å². The van der Waals surface area contributed by atoms with Gasteiger partial charge in [-0.1, -0.05) is 30.3 Å². The van der Waals surface area contributed by atoms with Crippen molar-refractivity contribution in [3.63, 3.8) is 0 Å². The third-order valence-corrected chi connectivity index (χ3v) is 5.03. The number of hydrogen-bond acceptors (Lipinski definition) is 7. The normalized spacial score (nSPS) is 15.3. The van der Waals surface area contributed by atoms with E-state index in [9.17, 15) is 29.8 Å². The molecule has 10 heteroatoms. The summed E-state index contributed by atoms with van der Waals surface area (Å²) in [5.74, 6) is -0.601. The van der Waals surface area contributed by atoms with Gasteiger partial charge in [0.15, 0.2) is 0 Å². The molecular weight excluding hydrogens is 386 g/mol. The molecule has 28 heavy (non-hydrogen) atoms. The van der Waals surface area contributed by atoms with E-state index in [2.05, 4.69) is 0 Å². The average Bonchev–Trinajstić information content (AvgIpc) is 2.90. The molecule has 0 bridgehead atoms. The topological polar surface area (TPSA) is 124 Å². The van der Waals surface area contributed by atoms with Crippen molar-refractivity contribution in [2.45, 2.75) is 13.5 Å². The summed E-state index contributed by atoms with van der Waals surface area (Å²) < 4.78 is 0. The number of carbonyl (C=O) groups excluding carboxylic acids is 2. The summed E-state index contributed by atoms with van der Waals surface area (Å²) in [6.07, 6.45) is 1.40. The number of nitro groups is 2. The summed E-state index contributed by atoms with van der Waals surface area (Å²) in [4.78, 5) is 47.0. The van der Waals surface area contributed by atoms with Gasteiger partial charge >= 0.3 is 0 Å². The van der Waals surface area contributed by atoms with Crippen LogP contribution < -0.4 is 0 Å². The molecular formula is C18H13N3O6S. The minimum Gasteiger partial charge on any atom is -0.268 e. The molecule has 142 valence electrons. The number of para-hydroxylation sites is 1. The molecule has 0 spiro atoms. The summed E-state index contributed by atoms with van der Waals surface area (Å²) in [7, 11) is 0. The Hall–Kier alpha value is -3.53. The van der Waals surface area contributed by atoms with Gasteiger partial charge in [-0.3, -0.25) is 34.7 Å². The Balaban J connectivity index is 1.88. The van der Waals surface area contributed by atoms with Crippen LogP contribution in [0, 0.1) is 27.2 Å². The largest absolute Gasteiger partial charge is 0.293 e. The summed E-state index contributed by atoms with van der Waals surface area (Å²) >= 11 is 0.687. The Morgan fingerprint density at radius 1 is 1.04 bits per heavy atom. The fourth-order valence-electron chi connectivity index (χ4n) is 2.69. The molecule has 1 aliphatic heterocycles. The average molecular weight is 399 g/mol. The molecule has 2 aromatic carbocycles. The monoisotopic (exact) mass is 399 g/mol. The van der Waals surface area contributed by atoms with Crippen molar-refractivity contribution in [3.8, 4) is 0 Å². The molecule has 0 unspecified atom stereocenters. The molecule has 1 fully saturated rings. The van der Waals surface area contributed by atoms with Gasteiger partial charge in [0.2, 0.25) is 0 Å². The van der Waals surface area contributed by atoms with E-state index < -0.39 is 21.0 Å². The molecule has 0 saturated carbocycles. The predicted octanol–water partition coefficient (Wildman–Crippen LogP) is 4.05. The highest BCUT2D eigenvalue weighted by Crippen LogP contribution is 2.35. The number of nitrogens with zero attached hydrogens (tertiary/aromatic N) is 3. The molecule has 1 heterocycles. The highest BCUT2D eigenvalue weighted by molar-refractivity contribution is 8.18. The lowest BCUT2D eigenvalue weighted by atomic mass is 10.1. The highest BCUT2D eigenvalue weighted by Gasteiger charge is 2.36. The van der Waals surface area contributed by atoms with Crippen LogP contribution in [0.1, 0.15) is 16.7 Å². The lowest BCUT2D eigenvalue weighted by Gasteiger charge is -2.12. The van der Waals surface area contributed by atoms with Gasteiger partial charge < -0.3 is 0 Å². The zero-order valence-corrected chi connectivity index (χ0v) is 15.3. The molecule has 0 atom stereocenters. The lowest BCUT2D eigenvalue weighted by molar-refractivity contribution is -0.385. The van der Waals surface area contributed by atoms with Crippen molar-refractivity contribution in [1.82, 2.24) is 4.90 Å². The van der Waals surface area contributed by atoms with Gasteiger partial charge in [-0.05, 0) is 30.3 Å². The number of thioether (sulfide) groups is 1. The van der Waals surface area contributed by atoms with Crippen LogP contribution in [-0.4, -0.2) is 25.9 Å². The minimum atomic E-state index is -0.601. The number of aryl methyl sites for hydroxylation is 1. The molecule has 0 N–H and O–H groups in total. The molecule has 9 nitrogen and oxygen atoms in total. The van der Waals surface area contributed by atoms with Crippen molar-refractivity contribution in [2.24, 2.45) is 0 Å². The number of benzene rings is 2. The van der Waals surface area contributed by atoms with Crippen LogP contribution in [0.2, 0.25) is 0 Å². The fraction of sp³-hybridized carbons (Fsp3) is 0.111. The molecule has 1 aliphatic rings. The third-order valence-electron chi connectivity index (χ3n) is 4.12. The van der Waals surface area contributed by atoms with Crippen LogP contribution in [0.25, 0.3) is 6.08 Å². The van der Waals surface area contributed by atoms with E-state index in [1.54, 1.807) is 25.1 Å². The minimum absolute atomic E-state index is 0.0899. The number of carbonyl (C=O) groups is 2. The second kappa shape index (κ2) is 7.61. The van der Waals surface area contributed by atoms with Crippen LogP contribution in [0.15, 0.2) is 47.4 Å². The first kappa shape index (κ1) is 19.2. The van der Waals surface area contributed by atoms with Gasteiger partial charge in [-0.15, -0.1) is 0 Å². The fourth-order valence-corrected chi connectivity index (χ4v) is 3.53. The van der Waals surface area contributed by atoms with E-state index in [4.69, 9.17) is 0 Å². The second-order valence-electron chi connectivity index (χ2n) is 5.96. The molecule has 0 aliphatic carbocycles. The number of rotatable bonds is 5. The zero-order chi connectivity index (χ0) is 20.4. The zero-order valence-electron chi connectivity index (χ0n) is 14.5. The maximum atomic E-state index is 12.6. The number of imide groups is 1. The second-order valence-corrected chi connectivity index (χ2v) is 6.95. The molecule has 2 amide bonds. The summed E-state index contributed by atoms with van der Waals surface area (Å²) in [6.45, 7) is 1.37. The first-order valence-corrected chi connectivity index (χ1v) is 8.82. The van der Waals surface area contributed by atoms with Gasteiger partial charge in [0, 0.05) is 23.3 Å². The molecule has 0 radical (unpaired) electrons. The van der Waals surface area contributed by atoms with Gasteiger partial charge in [0.05, 0.1) is 21.3 Å². The Morgan fingerprint density at radius 3 is 2.39 bits per heavy atom. The third kappa shape index (κ3) is 3.76. The van der Waals surface area contributed by atoms with E-state index in [1.807, 2.05) is 0 Å². The number of hydrogen-bond donors (Lipinski definition) is 0. The Kier molecular flexibility index (Phi) is 5.23. The van der Waals surface area contributed by atoms with E-state index in [-0.39, 0.29) is 28.4 Å². The Bertz CT molecular complexity index is 1050. The van der Waals surface area contributed by atoms with Crippen molar-refractivity contribution >= 4 is 40.4 Å². The van der Waals surface area contributed by atoms with Crippen molar-refractivity contribution in [2.75, 3.05) is 0 Å². The first-order chi connectivity index (χ1) is 13.3. The van der Waals surface area contributed by atoms with Crippen molar-refractivity contribution in [3.05, 3.63) is 84.3 Å². The maximum absolute atomic E-state index is 12.6.